The zero-order valence-electron chi connectivity index (χ0n) is 14.9. The highest BCUT2D eigenvalue weighted by Crippen LogP contribution is 2.17. The van der Waals surface area contributed by atoms with Gasteiger partial charge in [0.1, 0.15) is 0 Å². The normalized spacial score (nSPS) is 12.3. The van der Waals surface area contributed by atoms with Crippen LogP contribution >= 0.6 is 11.6 Å². The van der Waals surface area contributed by atoms with Crippen LogP contribution in [0.15, 0.2) is 48.5 Å². The SMILES string of the molecule is C[C@@H](NC(=O)COC(=O)c1ccc(CS(C)(=O)=O)cc1)c1cccc(Cl)c1. The third kappa shape index (κ3) is 7.03. The summed E-state index contributed by atoms with van der Waals surface area (Å²) in [6, 6.07) is 12.8. The fourth-order valence-electron chi connectivity index (χ4n) is 2.40. The van der Waals surface area contributed by atoms with Crippen LogP contribution in [0.1, 0.15) is 34.5 Å². The average Bonchev–Trinajstić information content (AvgIpc) is 2.59. The largest absolute Gasteiger partial charge is 0.452 e. The van der Waals surface area contributed by atoms with Gasteiger partial charge in [-0.1, -0.05) is 35.9 Å². The van der Waals surface area contributed by atoms with Gasteiger partial charge in [-0.3, -0.25) is 4.79 Å². The molecule has 0 spiro atoms. The molecule has 0 aromatic heterocycles. The molecule has 0 saturated heterocycles. The number of ether oxygens (including phenoxy) is 1. The lowest BCUT2D eigenvalue weighted by atomic mass is 10.1. The molecule has 6 nitrogen and oxygen atoms in total. The fourth-order valence-corrected chi connectivity index (χ4v) is 3.39. The van der Waals surface area contributed by atoms with Gasteiger partial charge in [-0.05, 0) is 42.3 Å². The fraction of sp³-hybridized carbons (Fsp3) is 0.263. The van der Waals surface area contributed by atoms with Crippen LogP contribution in [0.4, 0.5) is 0 Å². The zero-order chi connectivity index (χ0) is 20.0. The van der Waals surface area contributed by atoms with Crippen LogP contribution in [0, 0.1) is 0 Å². The lowest BCUT2D eigenvalue weighted by Gasteiger charge is -2.14. The quantitative estimate of drug-likeness (QED) is 0.710. The van der Waals surface area contributed by atoms with Gasteiger partial charge in [-0.25, -0.2) is 13.2 Å². The summed E-state index contributed by atoms with van der Waals surface area (Å²) in [5.41, 5.74) is 1.65. The number of nitrogens with one attached hydrogen (secondary N) is 1. The maximum absolute atomic E-state index is 12.0. The number of rotatable bonds is 7. The monoisotopic (exact) mass is 409 g/mol. The average molecular weight is 410 g/mol. The molecule has 1 N–H and O–H groups in total. The Kier molecular flexibility index (Phi) is 6.98. The van der Waals surface area contributed by atoms with Crippen molar-refractivity contribution >= 4 is 33.3 Å². The highest BCUT2D eigenvalue weighted by Gasteiger charge is 2.14. The standard InChI is InChI=1S/C19H20ClNO5S/c1-13(16-4-3-5-17(20)10-16)21-18(22)11-26-19(23)15-8-6-14(7-9-15)12-27(2,24)25/h3-10,13H,11-12H2,1-2H3,(H,21,22)/t13-/m1/s1. The number of hydrogen-bond donors (Lipinski definition) is 1. The van der Waals surface area contributed by atoms with E-state index in [1.165, 1.54) is 12.1 Å². The van der Waals surface area contributed by atoms with Gasteiger partial charge in [0.15, 0.2) is 16.4 Å². The van der Waals surface area contributed by atoms with Crippen molar-refractivity contribution in [3.8, 4) is 0 Å². The van der Waals surface area contributed by atoms with Crippen molar-refractivity contribution in [2.45, 2.75) is 18.7 Å². The van der Waals surface area contributed by atoms with Gasteiger partial charge in [-0.2, -0.15) is 0 Å². The molecular formula is C19H20ClNO5S. The molecule has 0 radical (unpaired) electrons. The van der Waals surface area contributed by atoms with Crippen LogP contribution in [0.25, 0.3) is 0 Å². The third-order valence-electron chi connectivity index (χ3n) is 3.68. The van der Waals surface area contributed by atoms with Crippen molar-refractivity contribution in [1.29, 1.82) is 0 Å². The van der Waals surface area contributed by atoms with Crippen LogP contribution in [0.2, 0.25) is 5.02 Å². The molecule has 1 amide bonds. The molecule has 0 saturated carbocycles. The number of hydrogen-bond acceptors (Lipinski definition) is 5. The molecule has 0 aliphatic carbocycles. The zero-order valence-corrected chi connectivity index (χ0v) is 16.5. The van der Waals surface area contributed by atoms with E-state index in [4.69, 9.17) is 16.3 Å². The Bertz CT molecular complexity index is 925. The Morgan fingerprint density at radius 2 is 1.81 bits per heavy atom. The topological polar surface area (TPSA) is 89.5 Å². The Balaban J connectivity index is 1.86. The van der Waals surface area contributed by atoms with E-state index in [0.29, 0.717) is 10.6 Å². The summed E-state index contributed by atoms with van der Waals surface area (Å²) in [6.45, 7) is 1.38. The molecule has 0 aliphatic rings. The number of esters is 1. The first-order valence-electron chi connectivity index (χ1n) is 8.12. The molecular weight excluding hydrogens is 390 g/mol. The minimum Gasteiger partial charge on any atom is -0.452 e. The maximum Gasteiger partial charge on any atom is 0.338 e. The summed E-state index contributed by atoms with van der Waals surface area (Å²) in [4.78, 5) is 24.0. The Morgan fingerprint density at radius 3 is 2.41 bits per heavy atom. The second-order valence-corrected chi connectivity index (χ2v) is 8.76. The van der Waals surface area contributed by atoms with Crippen LogP contribution in [0.5, 0.6) is 0 Å². The summed E-state index contributed by atoms with van der Waals surface area (Å²) >= 11 is 5.93. The molecule has 27 heavy (non-hydrogen) atoms. The summed E-state index contributed by atoms with van der Waals surface area (Å²) in [6.07, 6.45) is 1.14. The second-order valence-electron chi connectivity index (χ2n) is 6.19. The van der Waals surface area contributed by atoms with Crippen molar-refractivity contribution in [3.63, 3.8) is 0 Å². The molecule has 0 fully saturated rings. The van der Waals surface area contributed by atoms with Gasteiger partial charge in [0, 0.05) is 11.3 Å². The molecule has 0 bridgehead atoms. The summed E-state index contributed by atoms with van der Waals surface area (Å²) in [5.74, 6) is -1.21. The van der Waals surface area contributed by atoms with Gasteiger partial charge in [0.25, 0.3) is 5.91 Å². The Hall–Kier alpha value is -2.38. The summed E-state index contributed by atoms with van der Waals surface area (Å²) in [7, 11) is -3.15. The Morgan fingerprint density at radius 1 is 1.15 bits per heavy atom. The molecule has 8 heteroatoms. The van der Waals surface area contributed by atoms with Gasteiger partial charge < -0.3 is 10.1 Å². The lowest BCUT2D eigenvalue weighted by Crippen LogP contribution is -2.31. The van der Waals surface area contributed by atoms with Crippen molar-refractivity contribution in [1.82, 2.24) is 5.32 Å². The minimum atomic E-state index is -3.15. The second kappa shape index (κ2) is 9.01. The summed E-state index contributed by atoms with van der Waals surface area (Å²) in [5, 5.41) is 3.29. The number of carbonyl (C=O) groups is 2. The van der Waals surface area contributed by atoms with Gasteiger partial charge in [0.05, 0.1) is 17.4 Å². The van der Waals surface area contributed by atoms with Crippen molar-refractivity contribution in [2.75, 3.05) is 12.9 Å². The van der Waals surface area contributed by atoms with Crippen LogP contribution in [-0.4, -0.2) is 33.2 Å². The van der Waals surface area contributed by atoms with Crippen molar-refractivity contribution in [3.05, 3.63) is 70.2 Å². The molecule has 0 aliphatic heterocycles. The Labute approximate surface area is 163 Å². The lowest BCUT2D eigenvalue weighted by molar-refractivity contribution is -0.124. The first kappa shape index (κ1) is 20.9. The minimum absolute atomic E-state index is 0.105. The van der Waals surface area contributed by atoms with Crippen LogP contribution in [0.3, 0.4) is 0 Å². The molecule has 2 rings (SSSR count). The molecule has 2 aromatic rings. The van der Waals surface area contributed by atoms with E-state index >= 15 is 0 Å². The highest BCUT2D eigenvalue weighted by atomic mass is 35.5. The van der Waals surface area contributed by atoms with E-state index in [1.807, 2.05) is 6.07 Å². The first-order valence-corrected chi connectivity index (χ1v) is 10.6. The molecule has 0 heterocycles. The number of amides is 1. The van der Waals surface area contributed by atoms with E-state index in [2.05, 4.69) is 5.32 Å². The van der Waals surface area contributed by atoms with Gasteiger partial charge in [-0.15, -0.1) is 0 Å². The first-order chi connectivity index (χ1) is 12.6. The van der Waals surface area contributed by atoms with E-state index in [0.717, 1.165) is 11.8 Å². The predicted octanol–water partition coefficient (Wildman–Crippen LogP) is 2.92. The number of carbonyl (C=O) groups excluding carboxylic acids is 2. The number of sulfone groups is 1. The molecule has 2 aromatic carbocycles. The van der Waals surface area contributed by atoms with E-state index < -0.39 is 28.3 Å². The van der Waals surface area contributed by atoms with Crippen molar-refractivity contribution < 1.29 is 22.7 Å². The van der Waals surface area contributed by atoms with Crippen molar-refractivity contribution in [2.24, 2.45) is 0 Å². The third-order valence-corrected chi connectivity index (χ3v) is 4.77. The smallest absolute Gasteiger partial charge is 0.338 e. The van der Waals surface area contributed by atoms with Gasteiger partial charge in [0.2, 0.25) is 0 Å². The number of benzene rings is 2. The number of halogens is 1. The molecule has 144 valence electrons. The predicted molar refractivity (Wildman–Crippen MR) is 103 cm³/mol. The molecule has 0 unspecified atom stereocenters. The highest BCUT2D eigenvalue weighted by molar-refractivity contribution is 7.89. The molecule has 1 atom stereocenters. The van der Waals surface area contributed by atoms with Gasteiger partial charge >= 0.3 is 5.97 Å². The van der Waals surface area contributed by atoms with Crippen LogP contribution in [-0.2, 0) is 25.1 Å². The maximum atomic E-state index is 12.0. The van der Waals surface area contributed by atoms with E-state index in [9.17, 15) is 18.0 Å². The summed E-state index contributed by atoms with van der Waals surface area (Å²) < 4.78 is 27.5. The van der Waals surface area contributed by atoms with Crippen LogP contribution < -0.4 is 5.32 Å². The van der Waals surface area contributed by atoms with E-state index in [-0.39, 0.29) is 17.4 Å². The van der Waals surface area contributed by atoms with E-state index in [1.54, 1.807) is 37.3 Å².